The number of carbonyl (C=O) groups excluding carboxylic acids is 2. The van der Waals surface area contributed by atoms with Crippen LogP contribution < -0.4 is 5.32 Å². The van der Waals surface area contributed by atoms with Gasteiger partial charge in [0, 0.05) is 23.4 Å². The summed E-state index contributed by atoms with van der Waals surface area (Å²) in [4.78, 5) is 25.1. The Balaban J connectivity index is 1.64. The molecular weight excluding hydrogens is 569 g/mol. The Morgan fingerprint density at radius 3 is 2.72 bits per heavy atom. The molecule has 0 saturated carbocycles. The molecule has 0 aliphatic carbocycles. The molecule has 2 unspecified atom stereocenters. The zero-order valence-corrected chi connectivity index (χ0v) is 22.5. The van der Waals surface area contributed by atoms with Gasteiger partial charge in [0.25, 0.3) is 5.91 Å². The van der Waals surface area contributed by atoms with Crippen LogP contribution in [0.1, 0.15) is 75.6 Å². The smallest absolute Gasteiger partial charge is 0.337 e. The summed E-state index contributed by atoms with van der Waals surface area (Å²) in [5.74, 6) is -0.444. The maximum Gasteiger partial charge on any atom is 0.337 e. The lowest BCUT2D eigenvalue weighted by Gasteiger charge is -2.25. The van der Waals surface area contributed by atoms with E-state index in [4.69, 9.17) is 14.6 Å². The van der Waals surface area contributed by atoms with Crippen molar-refractivity contribution >= 4 is 34.5 Å². The van der Waals surface area contributed by atoms with Gasteiger partial charge < -0.3 is 14.8 Å². The molecule has 2 aliphatic heterocycles. The van der Waals surface area contributed by atoms with Crippen LogP contribution in [0.3, 0.4) is 0 Å². The van der Waals surface area contributed by atoms with Gasteiger partial charge in [-0.2, -0.15) is 5.10 Å². The predicted molar refractivity (Wildman–Crippen MR) is 145 cm³/mol. The lowest BCUT2D eigenvalue weighted by atomic mass is 9.89. The molecule has 1 amide bonds. The normalized spacial score (nSPS) is 19.4. The fourth-order valence-electron chi connectivity index (χ4n) is 5.16. The van der Waals surface area contributed by atoms with Crippen molar-refractivity contribution in [2.45, 2.75) is 50.8 Å². The number of carbonyl (C=O) groups is 2. The van der Waals surface area contributed by atoms with Gasteiger partial charge in [0.05, 0.1) is 24.4 Å². The zero-order chi connectivity index (χ0) is 25.1. The second kappa shape index (κ2) is 11.1. The van der Waals surface area contributed by atoms with Crippen molar-refractivity contribution in [3.05, 3.63) is 76.6 Å². The predicted octanol–water partition coefficient (Wildman–Crippen LogP) is 5.43. The molecule has 0 bridgehead atoms. The van der Waals surface area contributed by atoms with E-state index in [0.717, 1.165) is 76.8 Å². The molecule has 36 heavy (non-hydrogen) atoms. The molecule has 188 valence electrons. The second-order valence-corrected chi connectivity index (χ2v) is 10.3. The van der Waals surface area contributed by atoms with Gasteiger partial charge in [-0.15, -0.1) is 0 Å². The summed E-state index contributed by atoms with van der Waals surface area (Å²) in [6, 6.07) is 15.0. The number of nitrogens with one attached hydrogen (secondary N) is 1. The summed E-state index contributed by atoms with van der Waals surface area (Å²) in [5.41, 5.74) is 6.20. The number of halogens is 1. The maximum absolute atomic E-state index is 13.0. The first-order valence-corrected chi connectivity index (χ1v) is 14.0. The lowest BCUT2D eigenvalue weighted by Crippen LogP contribution is -2.36. The van der Waals surface area contributed by atoms with Crippen molar-refractivity contribution in [3.63, 3.8) is 0 Å². The summed E-state index contributed by atoms with van der Waals surface area (Å²) in [7, 11) is 1.38. The number of rotatable bonds is 7. The number of benzene rings is 2. The Hall–Kier alpha value is -2.72. The number of hydrogen-bond acceptors (Lipinski definition) is 5. The quantitative estimate of drug-likeness (QED) is 0.223. The van der Waals surface area contributed by atoms with Gasteiger partial charge in [-0.05, 0) is 72.3 Å². The first kappa shape index (κ1) is 25.0. The third-order valence-corrected chi connectivity index (χ3v) is 7.69. The lowest BCUT2D eigenvalue weighted by molar-refractivity contribution is -0.0413. The SMILES string of the molecule is COC(=O)c1ccc(-c2c(C3Cc4ccccc4C(=O)N3)nn(C3CCCCO3)c2CCCI)cc1. The van der Waals surface area contributed by atoms with E-state index < -0.39 is 0 Å². The van der Waals surface area contributed by atoms with E-state index in [9.17, 15) is 9.59 Å². The largest absolute Gasteiger partial charge is 0.465 e. The average molecular weight is 599 g/mol. The summed E-state index contributed by atoms with van der Waals surface area (Å²) in [5, 5.41) is 8.36. The Bertz CT molecular complexity index is 1250. The highest BCUT2D eigenvalue weighted by atomic mass is 127. The van der Waals surface area contributed by atoms with Crippen LogP contribution in [-0.4, -0.2) is 39.8 Å². The molecule has 1 fully saturated rings. The molecule has 2 aliphatic rings. The number of alkyl halides is 1. The fourth-order valence-corrected chi connectivity index (χ4v) is 5.54. The molecule has 0 spiro atoms. The highest BCUT2D eigenvalue weighted by Gasteiger charge is 2.33. The Kier molecular flexibility index (Phi) is 7.71. The van der Waals surface area contributed by atoms with Crippen LogP contribution in [0.25, 0.3) is 11.1 Å². The van der Waals surface area contributed by atoms with Gasteiger partial charge in [0.2, 0.25) is 0 Å². The zero-order valence-electron chi connectivity index (χ0n) is 20.3. The van der Waals surface area contributed by atoms with Crippen LogP contribution in [-0.2, 0) is 22.3 Å². The Morgan fingerprint density at radius 2 is 2.00 bits per heavy atom. The second-order valence-electron chi connectivity index (χ2n) is 9.22. The first-order valence-electron chi connectivity index (χ1n) is 12.5. The molecule has 0 radical (unpaired) electrons. The van der Waals surface area contributed by atoms with Crippen LogP contribution in [0.15, 0.2) is 48.5 Å². The van der Waals surface area contributed by atoms with Crippen LogP contribution >= 0.6 is 22.6 Å². The van der Waals surface area contributed by atoms with E-state index in [1.165, 1.54) is 7.11 Å². The van der Waals surface area contributed by atoms with Crippen molar-refractivity contribution in [1.82, 2.24) is 15.1 Å². The maximum atomic E-state index is 13.0. The standard InChI is InChI=1S/C28H30IN3O4/c1-35-28(34)19-13-11-18(12-14-19)25-23(9-6-15-29)32(24-10-4-5-16-36-24)31-26(25)22-17-20-7-2-3-8-21(20)27(33)30-22/h2-3,7-8,11-14,22,24H,4-6,9-10,15-17H2,1H3,(H,30,33). The molecule has 3 aromatic rings. The Labute approximate surface area is 224 Å². The number of aromatic nitrogens is 2. The van der Waals surface area contributed by atoms with E-state index >= 15 is 0 Å². The van der Waals surface area contributed by atoms with E-state index in [2.05, 4.69) is 32.6 Å². The number of fused-ring (bicyclic) bond motifs is 1. The third-order valence-electron chi connectivity index (χ3n) is 6.93. The highest BCUT2D eigenvalue weighted by molar-refractivity contribution is 14.1. The summed E-state index contributed by atoms with van der Waals surface area (Å²) >= 11 is 2.41. The number of nitrogens with zero attached hydrogens (tertiary/aromatic N) is 2. The monoisotopic (exact) mass is 599 g/mol. The van der Waals surface area contributed by atoms with Gasteiger partial charge in [-0.25, -0.2) is 9.48 Å². The first-order chi connectivity index (χ1) is 17.6. The molecule has 5 rings (SSSR count). The van der Waals surface area contributed by atoms with E-state index in [1.807, 2.05) is 36.4 Å². The van der Waals surface area contributed by atoms with Crippen molar-refractivity contribution in [2.24, 2.45) is 0 Å². The van der Waals surface area contributed by atoms with Gasteiger partial charge >= 0.3 is 5.97 Å². The molecule has 1 saturated heterocycles. The molecule has 3 heterocycles. The van der Waals surface area contributed by atoms with E-state index in [1.54, 1.807) is 12.1 Å². The van der Waals surface area contributed by atoms with E-state index in [-0.39, 0.29) is 24.1 Å². The van der Waals surface area contributed by atoms with Gasteiger partial charge in [0.15, 0.2) is 0 Å². The minimum atomic E-state index is -0.366. The minimum Gasteiger partial charge on any atom is -0.465 e. The Morgan fingerprint density at radius 1 is 1.19 bits per heavy atom. The molecule has 7 nitrogen and oxygen atoms in total. The topological polar surface area (TPSA) is 82.5 Å². The van der Waals surface area contributed by atoms with Crippen molar-refractivity contribution < 1.29 is 19.1 Å². The molecule has 1 aromatic heterocycles. The van der Waals surface area contributed by atoms with Crippen molar-refractivity contribution in [2.75, 3.05) is 18.1 Å². The van der Waals surface area contributed by atoms with Crippen LogP contribution in [0.5, 0.6) is 0 Å². The number of hydrogen-bond donors (Lipinski definition) is 1. The van der Waals surface area contributed by atoms with Gasteiger partial charge in [-0.3, -0.25) is 4.79 Å². The van der Waals surface area contributed by atoms with Crippen LogP contribution in [0, 0.1) is 0 Å². The average Bonchev–Trinajstić information content (AvgIpc) is 3.31. The van der Waals surface area contributed by atoms with Crippen molar-refractivity contribution in [3.8, 4) is 11.1 Å². The molecule has 8 heteroatoms. The third kappa shape index (κ3) is 4.93. The summed E-state index contributed by atoms with van der Waals surface area (Å²) in [6.45, 7) is 0.724. The minimum absolute atomic E-state index is 0.0777. The van der Waals surface area contributed by atoms with Gasteiger partial charge in [0.1, 0.15) is 6.23 Å². The van der Waals surface area contributed by atoms with Crippen LogP contribution in [0.2, 0.25) is 0 Å². The number of amides is 1. The van der Waals surface area contributed by atoms with Crippen LogP contribution in [0.4, 0.5) is 0 Å². The molecule has 2 atom stereocenters. The molecule has 1 N–H and O–H groups in total. The molecular formula is C28H30IN3O4. The highest BCUT2D eigenvalue weighted by Crippen LogP contribution is 2.38. The number of methoxy groups -OCH3 is 1. The molecule has 2 aromatic carbocycles. The van der Waals surface area contributed by atoms with Crippen molar-refractivity contribution in [1.29, 1.82) is 0 Å². The fraction of sp³-hybridized carbons (Fsp3) is 0.393. The number of ether oxygens (including phenoxy) is 2. The van der Waals surface area contributed by atoms with Gasteiger partial charge in [-0.1, -0.05) is 52.9 Å². The number of esters is 1. The van der Waals surface area contributed by atoms with E-state index in [0.29, 0.717) is 12.0 Å². The summed E-state index contributed by atoms with van der Waals surface area (Å²) < 4.78 is 14.1. The summed E-state index contributed by atoms with van der Waals surface area (Å²) in [6.07, 6.45) is 5.49.